The first-order valence-electron chi connectivity index (χ1n) is 12.2. The van der Waals surface area contributed by atoms with Crippen molar-refractivity contribution in [2.24, 2.45) is 22.7 Å². The molecule has 5 nitrogen and oxygen atoms in total. The second-order valence-corrected chi connectivity index (χ2v) is 10.8. The summed E-state index contributed by atoms with van der Waals surface area (Å²) >= 11 is 0. The fourth-order valence-corrected chi connectivity index (χ4v) is 7.50. The zero-order valence-corrected chi connectivity index (χ0v) is 19.4. The Hall–Kier alpha value is -1.59. The van der Waals surface area contributed by atoms with Gasteiger partial charge in [0.2, 0.25) is 5.91 Å². The number of carbonyl (C=O) groups is 1. The van der Waals surface area contributed by atoms with E-state index in [0.717, 1.165) is 26.1 Å². The molecule has 4 aliphatic rings. The number of carbonyl (C=O) groups excluding carboxylic acids is 1. The van der Waals surface area contributed by atoms with E-state index < -0.39 is 0 Å². The van der Waals surface area contributed by atoms with Crippen molar-refractivity contribution in [3.63, 3.8) is 0 Å². The van der Waals surface area contributed by atoms with Crippen molar-refractivity contribution in [2.75, 3.05) is 38.3 Å². The van der Waals surface area contributed by atoms with E-state index in [4.69, 9.17) is 9.47 Å². The lowest BCUT2D eigenvalue weighted by Crippen LogP contribution is -2.59. The van der Waals surface area contributed by atoms with E-state index in [2.05, 4.69) is 48.3 Å². The first kappa shape index (κ1) is 21.3. The minimum absolute atomic E-state index is 0.121. The van der Waals surface area contributed by atoms with Gasteiger partial charge in [-0.1, -0.05) is 32.0 Å². The number of rotatable bonds is 6. The van der Waals surface area contributed by atoms with Crippen LogP contribution >= 0.6 is 0 Å². The molecule has 1 aromatic rings. The van der Waals surface area contributed by atoms with E-state index >= 15 is 0 Å². The Morgan fingerprint density at radius 1 is 1.26 bits per heavy atom. The van der Waals surface area contributed by atoms with Gasteiger partial charge >= 0.3 is 0 Å². The van der Waals surface area contributed by atoms with Gasteiger partial charge in [0.25, 0.3) is 0 Å². The maximum atomic E-state index is 12.7. The summed E-state index contributed by atoms with van der Waals surface area (Å²) in [5, 5.41) is 3.48. The number of nitrogens with one attached hydrogen (secondary N) is 1. The molecule has 5 rings (SSSR count). The Bertz CT molecular complexity index is 819. The highest BCUT2D eigenvalue weighted by Crippen LogP contribution is 2.70. The predicted molar refractivity (Wildman–Crippen MR) is 122 cm³/mol. The summed E-state index contributed by atoms with van der Waals surface area (Å²) in [7, 11) is 1.66. The van der Waals surface area contributed by atoms with E-state index in [9.17, 15) is 4.79 Å². The van der Waals surface area contributed by atoms with Crippen molar-refractivity contribution in [3.8, 4) is 0 Å². The Labute approximate surface area is 186 Å². The van der Waals surface area contributed by atoms with Crippen LogP contribution in [0.3, 0.4) is 0 Å². The summed E-state index contributed by atoms with van der Waals surface area (Å²) in [4.78, 5) is 15.3. The maximum absolute atomic E-state index is 12.7. The lowest BCUT2D eigenvalue weighted by atomic mass is 9.58. The quantitative estimate of drug-likeness (QED) is 0.736. The van der Waals surface area contributed by atoms with Gasteiger partial charge in [0.15, 0.2) is 0 Å². The molecular formula is C26H38N2O3. The number of para-hydroxylation sites is 1. The zero-order chi connectivity index (χ0) is 21.6. The van der Waals surface area contributed by atoms with Crippen LogP contribution in [0, 0.1) is 22.7 Å². The zero-order valence-electron chi connectivity index (χ0n) is 19.4. The molecule has 2 saturated carbocycles. The topological polar surface area (TPSA) is 50.8 Å². The minimum Gasteiger partial charge on any atom is -0.384 e. The Morgan fingerprint density at radius 3 is 2.81 bits per heavy atom. The number of benzene rings is 1. The largest absolute Gasteiger partial charge is 0.384 e. The molecule has 170 valence electrons. The third-order valence-corrected chi connectivity index (χ3v) is 9.03. The summed E-state index contributed by atoms with van der Waals surface area (Å²) in [6.45, 7) is 8.29. The smallest absolute Gasteiger partial charge is 0.222 e. The predicted octanol–water partition coefficient (Wildman–Crippen LogP) is 4.32. The molecule has 0 aromatic heterocycles. The minimum atomic E-state index is 0.121. The maximum Gasteiger partial charge on any atom is 0.222 e. The Morgan fingerprint density at radius 2 is 2.03 bits per heavy atom. The van der Waals surface area contributed by atoms with Gasteiger partial charge in [-0.15, -0.1) is 0 Å². The van der Waals surface area contributed by atoms with Gasteiger partial charge in [-0.3, -0.25) is 4.79 Å². The summed E-state index contributed by atoms with van der Waals surface area (Å²) in [5.74, 6) is 1.23. The summed E-state index contributed by atoms with van der Waals surface area (Å²) in [5.41, 5.74) is 2.99. The van der Waals surface area contributed by atoms with Gasteiger partial charge in [-0.25, -0.2) is 0 Å². The number of hydrogen-bond acceptors (Lipinski definition) is 4. The highest BCUT2D eigenvalue weighted by Gasteiger charge is 2.68. The van der Waals surface area contributed by atoms with Crippen LogP contribution in [0.1, 0.15) is 64.0 Å². The molecule has 2 saturated heterocycles. The number of fused-ring (bicyclic) bond motifs is 1. The molecule has 1 N–H and O–H groups in total. The number of anilines is 1. The van der Waals surface area contributed by atoms with Crippen LogP contribution in [0.2, 0.25) is 0 Å². The van der Waals surface area contributed by atoms with Crippen LogP contribution in [0.4, 0.5) is 5.69 Å². The molecule has 1 spiro atoms. The lowest BCUT2D eigenvalue weighted by molar-refractivity contribution is -0.137. The van der Waals surface area contributed by atoms with Crippen molar-refractivity contribution >= 4 is 11.6 Å². The van der Waals surface area contributed by atoms with E-state index in [1.165, 1.54) is 36.9 Å². The van der Waals surface area contributed by atoms with Crippen LogP contribution in [0.5, 0.6) is 0 Å². The molecule has 1 aromatic carbocycles. The molecule has 5 heteroatoms. The van der Waals surface area contributed by atoms with Crippen LogP contribution < -0.4 is 10.2 Å². The van der Waals surface area contributed by atoms with Crippen LogP contribution in [-0.2, 0) is 14.3 Å². The first-order valence-corrected chi connectivity index (χ1v) is 12.2. The summed E-state index contributed by atoms with van der Waals surface area (Å²) in [6, 6.07) is 9.12. The monoisotopic (exact) mass is 426 g/mol. The van der Waals surface area contributed by atoms with Crippen molar-refractivity contribution in [1.82, 2.24) is 5.32 Å². The average Bonchev–Trinajstić information content (AvgIpc) is 3.47. The van der Waals surface area contributed by atoms with Crippen molar-refractivity contribution in [1.29, 1.82) is 0 Å². The van der Waals surface area contributed by atoms with Gasteiger partial charge < -0.3 is 19.7 Å². The number of hydrogen-bond donors (Lipinski definition) is 1. The molecule has 1 unspecified atom stereocenters. The van der Waals surface area contributed by atoms with Crippen LogP contribution in [-0.4, -0.2) is 45.4 Å². The molecular weight excluding hydrogens is 388 g/mol. The molecule has 2 aliphatic heterocycles. The SMILES string of the molecule is COCCC(=O)N[C@H]1C(C)(C)[C@@H]2C[C@@H]3[C@@H](c4ccccc4N4CCCC4)OCCC31C2. The molecule has 4 fully saturated rings. The Kier molecular flexibility index (Phi) is 5.54. The number of ether oxygens (including phenoxy) is 2. The third-order valence-electron chi connectivity index (χ3n) is 9.03. The van der Waals surface area contributed by atoms with E-state index in [0.29, 0.717) is 24.9 Å². The van der Waals surface area contributed by atoms with Gasteiger partial charge in [0, 0.05) is 50.5 Å². The van der Waals surface area contributed by atoms with E-state index in [-0.39, 0.29) is 28.9 Å². The first-order chi connectivity index (χ1) is 15.0. The van der Waals surface area contributed by atoms with Crippen molar-refractivity contribution < 1.29 is 14.3 Å². The van der Waals surface area contributed by atoms with Gasteiger partial charge in [0.1, 0.15) is 0 Å². The summed E-state index contributed by atoms with van der Waals surface area (Å²) < 4.78 is 11.7. The van der Waals surface area contributed by atoms with Crippen molar-refractivity contribution in [3.05, 3.63) is 29.8 Å². The van der Waals surface area contributed by atoms with Gasteiger partial charge in [-0.05, 0) is 60.8 Å². The second kappa shape index (κ2) is 8.08. The molecule has 2 aliphatic carbocycles. The highest BCUT2D eigenvalue weighted by molar-refractivity contribution is 5.76. The number of methoxy groups -OCH3 is 1. The molecule has 0 radical (unpaired) electrons. The molecule has 2 bridgehead atoms. The lowest BCUT2D eigenvalue weighted by Gasteiger charge is -2.53. The van der Waals surface area contributed by atoms with E-state index in [1.54, 1.807) is 7.11 Å². The fourth-order valence-electron chi connectivity index (χ4n) is 7.50. The number of nitrogens with zero attached hydrogens (tertiary/aromatic N) is 1. The normalized spacial score (nSPS) is 35.9. The molecule has 5 atom stereocenters. The van der Waals surface area contributed by atoms with Gasteiger partial charge in [-0.2, -0.15) is 0 Å². The van der Waals surface area contributed by atoms with Crippen LogP contribution in [0.15, 0.2) is 24.3 Å². The average molecular weight is 427 g/mol. The third kappa shape index (κ3) is 3.39. The van der Waals surface area contributed by atoms with Crippen LogP contribution in [0.25, 0.3) is 0 Å². The van der Waals surface area contributed by atoms with Gasteiger partial charge in [0.05, 0.1) is 12.7 Å². The Balaban J connectivity index is 1.46. The standard InChI is InChI=1S/C26H38N2O3/c1-25(2)18-16-20-23(19-8-4-5-9-21(19)28-12-6-7-13-28)31-15-11-26(20,17-18)24(25)27-22(29)10-14-30-3/h4-5,8-9,18,20,23-24H,6-7,10-17H2,1-3H3,(H,27,29)/t18-,20-,23-,24+,26?/m1/s1. The summed E-state index contributed by atoms with van der Waals surface area (Å²) in [6.07, 6.45) is 6.59. The second-order valence-electron chi connectivity index (χ2n) is 10.8. The highest BCUT2D eigenvalue weighted by atomic mass is 16.5. The van der Waals surface area contributed by atoms with Crippen molar-refractivity contribution in [2.45, 2.75) is 64.5 Å². The molecule has 2 heterocycles. The molecule has 1 amide bonds. The fraction of sp³-hybridized carbons (Fsp3) is 0.731. The number of amides is 1. The molecule has 31 heavy (non-hydrogen) atoms. The van der Waals surface area contributed by atoms with E-state index in [1.807, 2.05) is 0 Å².